The molecule has 1 N–H and O–H groups in total. The number of aromatic nitrogens is 5. The third-order valence-corrected chi connectivity index (χ3v) is 17.4. The first-order valence-corrected chi connectivity index (χ1v) is 26.2. The van der Waals surface area contributed by atoms with Crippen LogP contribution in [0.15, 0.2) is 53.7 Å². The number of oxazole rings is 1. The Morgan fingerprint density at radius 3 is 2.36 bits per heavy atom. The van der Waals surface area contributed by atoms with E-state index in [2.05, 4.69) is 77.3 Å². The largest absolute Gasteiger partial charge is 0.489 e. The summed E-state index contributed by atoms with van der Waals surface area (Å²) in [6, 6.07) is 8.99. The number of amides is 2. The monoisotopic (exact) mass is 1020 g/mol. The minimum Gasteiger partial charge on any atom is -0.489 e. The van der Waals surface area contributed by atoms with E-state index in [0.29, 0.717) is 88.5 Å². The quantitative estimate of drug-likeness (QED) is 0.134. The van der Waals surface area contributed by atoms with Crippen LogP contribution in [0, 0.1) is 46.8 Å². The van der Waals surface area contributed by atoms with Crippen LogP contribution in [0.1, 0.15) is 124 Å². The molecule has 5 aromatic rings. The van der Waals surface area contributed by atoms with Crippen molar-refractivity contribution >= 4 is 40.9 Å². The molecule has 0 spiro atoms. The minimum atomic E-state index is -2.71. The predicted molar refractivity (Wildman–Crippen MR) is 274 cm³/mol. The number of fused-ring (bicyclic) bond motifs is 2. The summed E-state index contributed by atoms with van der Waals surface area (Å²) in [5.74, 6) is 3.34. The summed E-state index contributed by atoms with van der Waals surface area (Å²) < 4.78 is 43.6. The van der Waals surface area contributed by atoms with Gasteiger partial charge in [0, 0.05) is 122 Å². The van der Waals surface area contributed by atoms with Crippen LogP contribution in [0.4, 0.5) is 26.2 Å². The second kappa shape index (κ2) is 19.6. The molecule has 0 radical (unpaired) electrons. The van der Waals surface area contributed by atoms with Crippen molar-refractivity contribution in [3.8, 4) is 23.1 Å². The minimum absolute atomic E-state index is 0.0110. The number of benzene rings is 2. The van der Waals surface area contributed by atoms with Crippen LogP contribution in [-0.2, 0) is 24.2 Å². The molecule has 3 fully saturated rings. The Bertz CT molecular complexity index is 2900. The zero-order valence-corrected chi connectivity index (χ0v) is 43.8. The highest BCUT2D eigenvalue weighted by atomic mass is 35.5. The van der Waals surface area contributed by atoms with Gasteiger partial charge >= 0.3 is 0 Å². The Hall–Kier alpha value is -6.12. The second-order valence-electron chi connectivity index (χ2n) is 22.4. The third kappa shape index (κ3) is 9.21. The molecule has 7 heterocycles. The Morgan fingerprint density at radius 1 is 1.00 bits per heavy atom. The van der Waals surface area contributed by atoms with Crippen LogP contribution < -0.4 is 19.9 Å². The Labute approximate surface area is 431 Å². The number of nitriles is 1. The highest BCUT2D eigenvalue weighted by molar-refractivity contribution is 6.32. The van der Waals surface area contributed by atoms with Crippen molar-refractivity contribution < 1.29 is 27.5 Å². The SMILES string of the molecule is CC(=O)N1CCc2c(c(N3CCCc4cc(-c5cnco5)c(C(F)F)cc43)nn2C2CCN(CC3C(C)CN(c4ncc(C(=O)NC5C(C)(C)C(Oc6ccc(C#N)c(Cl)c6C)C5(C)C)cn4)CC3C)CC2)C1. The lowest BCUT2D eigenvalue weighted by Crippen LogP contribution is -2.74. The molecule has 18 heteroatoms. The van der Waals surface area contributed by atoms with E-state index in [1.165, 1.54) is 12.6 Å². The zero-order valence-electron chi connectivity index (χ0n) is 43.1. The fourth-order valence-corrected chi connectivity index (χ4v) is 13.4. The van der Waals surface area contributed by atoms with E-state index in [1.54, 1.807) is 37.5 Å². The van der Waals surface area contributed by atoms with Gasteiger partial charge in [0.05, 0.1) is 34.9 Å². The Kier molecular flexibility index (Phi) is 13.6. The molecule has 1 aliphatic carbocycles. The molecule has 3 aromatic heterocycles. The summed E-state index contributed by atoms with van der Waals surface area (Å²) in [7, 11) is 0. The van der Waals surface area contributed by atoms with Crippen molar-refractivity contribution in [2.45, 2.75) is 119 Å². The van der Waals surface area contributed by atoms with Gasteiger partial charge in [-0.15, -0.1) is 0 Å². The maximum Gasteiger partial charge on any atom is 0.264 e. The van der Waals surface area contributed by atoms with Gasteiger partial charge in [-0.25, -0.2) is 23.7 Å². The molecule has 73 heavy (non-hydrogen) atoms. The number of alkyl halides is 2. The van der Waals surface area contributed by atoms with Gasteiger partial charge in [-0.05, 0) is 80.2 Å². The molecule has 2 amide bonds. The smallest absolute Gasteiger partial charge is 0.264 e. The number of halogens is 3. The summed E-state index contributed by atoms with van der Waals surface area (Å²) >= 11 is 6.46. The molecule has 0 bridgehead atoms. The summed E-state index contributed by atoms with van der Waals surface area (Å²) in [6.07, 6.45) is 7.19. The van der Waals surface area contributed by atoms with Crippen molar-refractivity contribution in [2.24, 2.45) is 28.6 Å². The number of ether oxygens (including phenoxy) is 1. The number of carbonyl (C=O) groups excluding carboxylic acids is 2. The van der Waals surface area contributed by atoms with Crippen molar-refractivity contribution in [3.63, 3.8) is 0 Å². The van der Waals surface area contributed by atoms with Crippen molar-refractivity contribution in [2.75, 3.05) is 55.6 Å². The number of likely N-dealkylation sites (tertiary alicyclic amines) is 1. The molecule has 5 aliphatic rings. The number of hydrogen-bond acceptors (Lipinski definition) is 12. The average molecular weight is 1020 g/mol. The van der Waals surface area contributed by atoms with Crippen LogP contribution >= 0.6 is 11.6 Å². The van der Waals surface area contributed by atoms with Crippen LogP contribution in [0.25, 0.3) is 11.3 Å². The molecule has 2 unspecified atom stereocenters. The highest BCUT2D eigenvalue weighted by Crippen LogP contribution is 2.56. The topological polar surface area (TPSA) is 162 Å². The fraction of sp³-hybridized carbons (Fsp3) is 0.545. The molecule has 1 saturated carbocycles. The van der Waals surface area contributed by atoms with Gasteiger partial charge in [0.2, 0.25) is 11.9 Å². The lowest BCUT2D eigenvalue weighted by atomic mass is 9.49. The van der Waals surface area contributed by atoms with Crippen LogP contribution in [0.2, 0.25) is 5.02 Å². The molecule has 10 rings (SSSR count). The molecule has 2 saturated heterocycles. The van der Waals surface area contributed by atoms with Gasteiger partial charge in [-0.2, -0.15) is 10.4 Å². The lowest BCUT2D eigenvalue weighted by Gasteiger charge is -2.63. The first-order chi connectivity index (χ1) is 34.8. The average Bonchev–Trinajstić information content (AvgIpc) is 4.06. The first kappa shape index (κ1) is 50.4. The Morgan fingerprint density at radius 2 is 1.71 bits per heavy atom. The van der Waals surface area contributed by atoms with Crippen molar-refractivity contribution in [3.05, 3.63) is 93.3 Å². The van der Waals surface area contributed by atoms with Crippen LogP contribution in [0.3, 0.4) is 0 Å². The summed E-state index contributed by atoms with van der Waals surface area (Å²) in [5, 5.41) is 18.4. The fourth-order valence-electron chi connectivity index (χ4n) is 13.2. The third-order valence-electron chi connectivity index (χ3n) is 16.9. The zero-order chi connectivity index (χ0) is 51.7. The molecular weight excluding hydrogens is 952 g/mol. The highest BCUT2D eigenvalue weighted by Gasteiger charge is 2.64. The van der Waals surface area contributed by atoms with Gasteiger partial charge in [-0.1, -0.05) is 53.1 Å². The van der Waals surface area contributed by atoms with E-state index < -0.39 is 17.3 Å². The van der Waals surface area contributed by atoms with Gasteiger partial charge in [-0.3, -0.25) is 14.3 Å². The number of piperidine rings is 2. The lowest BCUT2D eigenvalue weighted by molar-refractivity contribution is -0.164. The maximum absolute atomic E-state index is 14.7. The summed E-state index contributed by atoms with van der Waals surface area (Å²) in [4.78, 5) is 48.7. The van der Waals surface area contributed by atoms with Crippen LogP contribution in [-0.4, -0.2) is 104 Å². The van der Waals surface area contributed by atoms with E-state index in [0.717, 1.165) is 86.7 Å². The normalized spacial score (nSPS) is 23.9. The summed E-state index contributed by atoms with van der Waals surface area (Å²) in [6.45, 7) is 22.6. The van der Waals surface area contributed by atoms with E-state index >= 15 is 0 Å². The van der Waals surface area contributed by atoms with Gasteiger partial charge < -0.3 is 34.1 Å². The van der Waals surface area contributed by atoms with Gasteiger partial charge in [0.25, 0.3) is 12.3 Å². The first-order valence-electron chi connectivity index (χ1n) is 25.8. The number of nitrogens with zero attached hydrogens (tertiary/aromatic N) is 10. The van der Waals surface area contributed by atoms with Gasteiger partial charge in [0.15, 0.2) is 18.0 Å². The van der Waals surface area contributed by atoms with Crippen molar-refractivity contribution in [1.29, 1.82) is 5.26 Å². The number of carbonyl (C=O) groups is 2. The maximum atomic E-state index is 14.7. The molecule has 386 valence electrons. The number of hydrogen-bond donors (Lipinski definition) is 1. The molecule has 2 atom stereocenters. The van der Waals surface area contributed by atoms with Crippen LogP contribution in [0.5, 0.6) is 5.75 Å². The molecular formula is C55H66ClF2N11O4. The van der Waals surface area contributed by atoms with E-state index in [1.807, 2.05) is 17.9 Å². The Balaban J connectivity index is 0.766. The standard InChI is InChI=1S/C55H66ClF2N11O4/c1-31-26-67(53-61-23-37(24-62-53)50(71)63-51-54(5,6)52(55(51,7)8)73-45-12-11-36(22-59)47(56)33(45)3)27-32(2)41(31)28-65-17-13-38(14-18-65)69-43-15-19-66(34(4)70)29-42(43)49(64-69)68-16-9-10-35-20-39(46-25-60-30-72-46)40(48(57)58)21-44(35)68/h11-12,20-21,23-25,30-32,38,41,48,51-52H,9-10,13-19,26-29H2,1-8H3,(H,63,71). The summed E-state index contributed by atoms with van der Waals surface area (Å²) in [5.41, 5.74) is 4.80. The molecule has 2 aromatic carbocycles. The van der Waals surface area contributed by atoms with Gasteiger partial charge in [0.1, 0.15) is 17.9 Å². The van der Waals surface area contributed by atoms with E-state index in [-0.39, 0.29) is 35.6 Å². The van der Waals surface area contributed by atoms with E-state index in [9.17, 15) is 23.6 Å². The number of anilines is 3. The molecule has 4 aliphatic heterocycles. The predicted octanol–water partition coefficient (Wildman–Crippen LogP) is 9.75. The second-order valence-corrected chi connectivity index (χ2v) is 22.8. The molecule has 15 nitrogen and oxygen atoms in total. The number of aryl methyl sites for hydroxylation is 1. The van der Waals surface area contributed by atoms with E-state index in [4.69, 9.17) is 35.8 Å². The van der Waals surface area contributed by atoms with Crippen molar-refractivity contribution in [1.82, 2.24) is 39.8 Å². The number of nitrogens with one attached hydrogen (secondary N) is 1. The number of rotatable bonds is 11.